The highest BCUT2D eigenvalue weighted by atomic mass is 35.5. The van der Waals surface area contributed by atoms with Crippen LogP contribution in [0.4, 0.5) is 0 Å². The van der Waals surface area contributed by atoms with Gasteiger partial charge in [-0.3, -0.25) is 0 Å². The highest BCUT2D eigenvalue weighted by Gasteiger charge is 2.28. The Labute approximate surface area is 121 Å². The standard InChI is InChI=1S/C13H20N2O2S.ClH/c1-11-4-3-5-13(10-11)18(16,17)15(2)12-6-8-14-9-7-12;/h3-5,10,12,14H,6-9H2,1-2H3;1H. The lowest BCUT2D eigenvalue weighted by Gasteiger charge is -2.30. The van der Waals surface area contributed by atoms with Crippen LogP contribution in [0.3, 0.4) is 0 Å². The van der Waals surface area contributed by atoms with Crippen LogP contribution in [0.1, 0.15) is 18.4 Å². The van der Waals surface area contributed by atoms with Crippen molar-refractivity contribution in [2.24, 2.45) is 0 Å². The largest absolute Gasteiger partial charge is 0.317 e. The molecule has 0 amide bonds. The van der Waals surface area contributed by atoms with Gasteiger partial charge in [-0.1, -0.05) is 12.1 Å². The minimum atomic E-state index is -3.36. The molecule has 1 aliphatic rings. The Morgan fingerprint density at radius 2 is 1.89 bits per heavy atom. The second kappa shape index (κ2) is 6.70. The van der Waals surface area contributed by atoms with Gasteiger partial charge < -0.3 is 5.32 Å². The molecule has 0 saturated carbocycles. The summed E-state index contributed by atoms with van der Waals surface area (Å²) in [4.78, 5) is 0.392. The van der Waals surface area contributed by atoms with Gasteiger partial charge in [0.2, 0.25) is 10.0 Å². The first-order valence-corrected chi connectivity index (χ1v) is 7.71. The molecule has 1 aromatic carbocycles. The van der Waals surface area contributed by atoms with Gasteiger partial charge in [0, 0.05) is 13.1 Å². The Bertz CT molecular complexity index is 513. The summed E-state index contributed by atoms with van der Waals surface area (Å²) in [5, 5.41) is 3.25. The lowest BCUT2D eigenvalue weighted by molar-refractivity contribution is 0.296. The minimum absolute atomic E-state index is 0. The van der Waals surface area contributed by atoms with Crippen LogP contribution in [0, 0.1) is 6.92 Å². The zero-order valence-corrected chi connectivity index (χ0v) is 12.9. The number of hydrogen-bond donors (Lipinski definition) is 1. The second-order valence-electron chi connectivity index (χ2n) is 4.82. The molecule has 1 heterocycles. The van der Waals surface area contributed by atoms with Crippen molar-refractivity contribution < 1.29 is 8.42 Å². The molecule has 1 N–H and O–H groups in total. The monoisotopic (exact) mass is 304 g/mol. The molecule has 0 aliphatic carbocycles. The smallest absolute Gasteiger partial charge is 0.243 e. The lowest BCUT2D eigenvalue weighted by atomic mass is 10.1. The average molecular weight is 305 g/mol. The summed E-state index contributed by atoms with van der Waals surface area (Å²) in [6.07, 6.45) is 1.75. The molecule has 0 radical (unpaired) electrons. The first-order chi connectivity index (χ1) is 8.51. The lowest BCUT2D eigenvalue weighted by Crippen LogP contribution is -2.43. The van der Waals surface area contributed by atoms with Crippen LogP contribution in [-0.2, 0) is 10.0 Å². The average Bonchev–Trinajstić information content (AvgIpc) is 2.39. The SMILES string of the molecule is Cc1cccc(S(=O)(=O)N(C)C2CCNCC2)c1.Cl. The molecule has 6 heteroatoms. The van der Waals surface area contributed by atoms with E-state index in [2.05, 4.69) is 5.32 Å². The topological polar surface area (TPSA) is 49.4 Å². The van der Waals surface area contributed by atoms with Crippen molar-refractivity contribution in [3.05, 3.63) is 29.8 Å². The molecule has 0 atom stereocenters. The summed E-state index contributed by atoms with van der Waals surface area (Å²) in [5.41, 5.74) is 0.967. The molecule has 0 aromatic heterocycles. The van der Waals surface area contributed by atoms with E-state index in [1.54, 1.807) is 25.2 Å². The van der Waals surface area contributed by atoms with Gasteiger partial charge in [-0.15, -0.1) is 12.4 Å². The summed E-state index contributed by atoms with van der Waals surface area (Å²) < 4.78 is 26.5. The van der Waals surface area contributed by atoms with E-state index in [4.69, 9.17) is 0 Å². The maximum absolute atomic E-state index is 12.5. The highest BCUT2D eigenvalue weighted by Crippen LogP contribution is 2.21. The Kier molecular flexibility index (Phi) is 5.80. The normalized spacial score (nSPS) is 17.2. The van der Waals surface area contributed by atoms with Gasteiger partial charge in [0.1, 0.15) is 0 Å². The fraction of sp³-hybridized carbons (Fsp3) is 0.538. The van der Waals surface area contributed by atoms with Crippen LogP contribution < -0.4 is 5.32 Å². The van der Waals surface area contributed by atoms with E-state index in [0.29, 0.717) is 4.90 Å². The van der Waals surface area contributed by atoms with E-state index in [1.165, 1.54) is 4.31 Å². The summed E-state index contributed by atoms with van der Waals surface area (Å²) in [5.74, 6) is 0. The molecule has 4 nitrogen and oxygen atoms in total. The maximum atomic E-state index is 12.5. The van der Waals surface area contributed by atoms with Crippen molar-refractivity contribution in [1.29, 1.82) is 0 Å². The van der Waals surface area contributed by atoms with Gasteiger partial charge in [-0.25, -0.2) is 8.42 Å². The Morgan fingerprint density at radius 3 is 2.47 bits per heavy atom. The molecular weight excluding hydrogens is 284 g/mol. The number of rotatable bonds is 3. The fourth-order valence-corrected chi connectivity index (χ4v) is 3.83. The van der Waals surface area contributed by atoms with Crippen LogP contribution >= 0.6 is 12.4 Å². The van der Waals surface area contributed by atoms with Crippen LogP contribution in [0.2, 0.25) is 0 Å². The summed E-state index contributed by atoms with van der Waals surface area (Å²) in [6, 6.07) is 7.20. The van der Waals surface area contributed by atoms with E-state index in [9.17, 15) is 8.42 Å². The Hall–Kier alpha value is -0.620. The summed E-state index contributed by atoms with van der Waals surface area (Å²) >= 11 is 0. The van der Waals surface area contributed by atoms with Crippen molar-refractivity contribution in [2.75, 3.05) is 20.1 Å². The molecule has 1 aromatic rings. The van der Waals surface area contributed by atoms with Crippen LogP contribution in [0.25, 0.3) is 0 Å². The van der Waals surface area contributed by atoms with Crippen LogP contribution in [0.15, 0.2) is 29.2 Å². The van der Waals surface area contributed by atoms with E-state index >= 15 is 0 Å². The van der Waals surface area contributed by atoms with E-state index in [-0.39, 0.29) is 18.4 Å². The van der Waals surface area contributed by atoms with Gasteiger partial charge in [0.15, 0.2) is 0 Å². The molecule has 1 fully saturated rings. The number of sulfonamides is 1. The predicted molar refractivity (Wildman–Crippen MR) is 79.3 cm³/mol. The Morgan fingerprint density at radius 1 is 1.26 bits per heavy atom. The number of nitrogens with zero attached hydrogens (tertiary/aromatic N) is 1. The molecular formula is C13H21ClN2O2S. The van der Waals surface area contributed by atoms with Crippen molar-refractivity contribution in [3.8, 4) is 0 Å². The number of halogens is 1. The van der Waals surface area contributed by atoms with E-state index in [1.807, 2.05) is 13.0 Å². The van der Waals surface area contributed by atoms with E-state index in [0.717, 1.165) is 31.5 Å². The van der Waals surface area contributed by atoms with Crippen molar-refractivity contribution in [2.45, 2.75) is 30.7 Å². The van der Waals surface area contributed by atoms with Gasteiger partial charge in [0.25, 0.3) is 0 Å². The number of hydrogen-bond acceptors (Lipinski definition) is 3. The zero-order valence-electron chi connectivity index (χ0n) is 11.3. The molecule has 0 unspecified atom stereocenters. The minimum Gasteiger partial charge on any atom is -0.317 e. The van der Waals surface area contributed by atoms with Crippen LogP contribution in [-0.4, -0.2) is 38.9 Å². The summed E-state index contributed by atoms with van der Waals surface area (Å²) in [6.45, 7) is 3.68. The molecule has 0 bridgehead atoms. The third-order valence-corrected chi connectivity index (χ3v) is 5.40. The quantitative estimate of drug-likeness (QED) is 0.926. The number of nitrogens with one attached hydrogen (secondary N) is 1. The van der Waals surface area contributed by atoms with E-state index < -0.39 is 10.0 Å². The van der Waals surface area contributed by atoms with Gasteiger partial charge >= 0.3 is 0 Å². The highest BCUT2D eigenvalue weighted by molar-refractivity contribution is 7.89. The zero-order chi connectivity index (χ0) is 13.2. The number of benzene rings is 1. The maximum Gasteiger partial charge on any atom is 0.243 e. The first kappa shape index (κ1) is 16.4. The van der Waals surface area contributed by atoms with Gasteiger partial charge in [-0.2, -0.15) is 4.31 Å². The molecule has 2 rings (SSSR count). The van der Waals surface area contributed by atoms with Crippen molar-refractivity contribution >= 4 is 22.4 Å². The molecule has 19 heavy (non-hydrogen) atoms. The molecule has 0 spiro atoms. The number of piperidine rings is 1. The second-order valence-corrected chi connectivity index (χ2v) is 6.82. The summed E-state index contributed by atoms with van der Waals surface area (Å²) in [7, 11) is -1.67. The predicted octanol–water partition coefficient (Wildman–Crippen LogP) is 1.79. The third kappa shape index (κ3) is 3.69. The fourth-order valence-electron chi connectivity index (χ4n) is 2.31. The molecule has 108 valence electrons. The van der Waals surface area contributed by atoms with Gasteiger partial charge in [0.05, 0.1) is 4.90 Å². The van der Waals surface area contributed by atoms with Crippen LogP contribution in [0.5, 0.6) is 0 Å². The van der Waals surface area contributed by atoms with Gasteiger partial charge in [-0.05, 0) is 50.6 Å². The first-order valence-electron chi connectivity index (χ1n) is 6.27. The third-order valence-electron chi connectivity index (χ3n) is 3.49. The van der Waals surface area contributed by atoms with Crippen molar-refractivity contribution in [1.82, 2.24) is 9.62 Å². The molecule has 1 saturated heterocycles. The number of aryl methyl sites for hydroxylation is 1. The Balaban J connectivity index is 0.00000180. The van der Waals surface area contributed by atoms with Crippen molar-refractivity contribution in [3.63, 3.8) is 0 Å². The molecule has 1 aliphatic heterocycles.